The van der Waals surface area contributed by atoms with Crippen LogP contribution in [0.2, 0.25) is 0 Å². The van der Waals surface area contributed by atoms with Crippen LogP contribution in [0.5, 0.6) is 0 Å². The second-order valence-corrected chi connectivity index (χ2v) is 4.00. The van der Waals surface area contributed by atoms with Gasteiger partial charge in [-0.2, -0.15) is 0 Å². The number of benzene rings is 1. The van der Waals surface area contributed by atoms with E-state index in [9.17, 15) is 0 Å². The summed E-state index contributed by atoms with van der Waals surface area (Å²) in [6.45, 7) is 11.9. The van der Waals surface area contributed by atoms with Crippen LogP contribution in [0.25, 0.3) is 0 Å². The van der Waals surface area contributed by atoms with E-state index in [0.717, 1.165) is 17.6 Å². The van der Waals surface area contributed by atoms with Crippen LogP contribution in [0.15, 0.2) is 60.7 Å². The van der Waals surface area contributed by atoms with Gasteiger partial charge in [0.05, 0.1) is 0 Å². The number of aryl methyl sites for hydroxylation is 1. The van der Waals surface area contributed by atoms with Gasteiger partial charge in [-0.1, -0.05) is 66.3 Å². The van der Waals surface area contributed by atoms with Crippen molar-refractivity contribution in [3.8, 4) is 0 Å². The van der Waals surface area contributed by atoms with Gasteiger partial charge in [0.25, 0.3) is 0 Å². The van der Waals surface area contributed by atoms with E-state index in [-0.39, 0.29) is 0 Å². The van der Waals surface area contributed by atoms with Crippen molar-refractivity contribution in [3.05, 3.63) is 71.8 Å². The number of rotatable bonds is 4. The van der Waals surface area contributed by atoms with Crippen LogP contribution in [0, 0.1) is 6.92 Å². The average Bonchev–Trinajstić information content (AvgIpc) is 2.19. The summed E-state index contributed by atoms with van der Waals surface area (Å²) in [6, 6.07) is 8.56. The first-order valence-corrected chi connectivity index (χ1v) is 5.15. The molecule has 0 aliphatic carbocycles. The highest BCUT2D eigenvalue weighted by molar-refractivity contribution is 5.30. The monoisotopic (exact) mass is 198 g/mol. The molecule has 0 amide bonds. The Labute approximate surface area is 92.6 Å². The Hall–Kier alpha value is -1.56. The summed E-state index contributed by atoms with van der Waals surface area (Å²) in [6.07, 6.45) is 4.93. The Morgan fingerprint density at radius 1 is 1.13 bits per heavy atom. The molecule has 0 spiro atoms. The SMILES string of the molecule is C=C(C)/C=C\C(=C)Cc1ccc(C)cc1. The van der Waals surface area contributed by atoms with Crippen molar-refractivity contribution in [2.45, 2.75) is 20.3 Å². The van der Waals surface area contributed by atoms with E-state index in [1.165, 1.54) is 11.1 Å². The molecule has 1 aromatic carbocycles. The third kappa shape index (κ3) is 4.46. The third-order valence-corrected chi connectivity index (χ3v) is 2.16. The minimum absolute atomic E-state index is 0.907. The lowest BCUT2D eigenvalue weighted by Gasteiger charge is -2.01. The molecule has 0 heteroatoms. The molecular weight excluding hydrogens is 180 g/mol. The molecule has 0 unspecified atom stereocenters. The molecule has 0 N–H and O–H groups in total. The van der Waals surface area contributed by atoms with Crippen LogP contribution in [-0.4, -0.2) is 0 Å². The number of allylic oxidation sites excluding steroid dienone is 4. The minimum Gasteiger partial charge on any atom is -0.0961 e. The molecule has 0 bridgehead atoms. The van der Waals surface area contributed by atoms with Crippen molar-refractivity contribution in [2.24, 2.45) is 0 Å². The topological polar surface area (TPSA) is 0 Å². The van der Waals surface area contributed by atoms with Crippen molar-refractivity contribution in [1.82, 2.24) is 0 Å². The molecule has 78 valence electrons. The first-order valence-electron chi connectivity index (χ1n) is 5.15. The molecule has 0 atom stereocenters. The lowest BCUT2D eigenvalue weighted by molar-refractivity contribution is 1.20. The van der Waals surface area contributed by atoms with Gasteiger partial charge in [0.2, 0.25) is 0 Å². The van der Waals surface area contributed by atoms with E-state index in [4.69, 9.17) is 0 Å². The zero-order chi connectivity index (χ0) is 11.3. The fraction of sp³-hybridized carbons (Fsp3) is 0.200. The summed E-state index contributed by atoms with van der Waals surface area (Å²) < 4.78 is 0. The summed E-state index contributed by atoms with van der Waals surface area (Å²) in [5.41, 5.74) is 4.76. The number of hydrogen-bond donors (Lipinski definition) is 0. The zero-order valence-corrected chi connectivity index (χ0v) is 9.59. The van der Waals surface area contributed by atoms with Gasteiger partial charge in [-0.05, 0) is 25.8 Å². The maximum Gasteiger partial charge on any atom is -0.00316 e. The van der Waals surface area contributed by atoms with Gasteiger partial charge in [-0.3, -0.25) is 0 Å². The molecule has 0 heterocycles. The lowest BCUT2D eigenvalue weighted by Crippen LogP contribution is -1.86. The van der Waals surface area contributed by atoms with Crippen molar-refractivity contribution >= 4 is 0 Å². The molecular formula is C15H18. The Balaban J connectivity index is 2.59. The summed E-state index contributed by atoms with van der Waals surface area (Å²) in [7, 11) is 0. The standard InChI is InChI=1S/C15H18/c1-12(2)5-6-14(4)11-15-9-7-13(3)8-10-15/h5-10H,1,4,11H2,2-3H3/b6-5-. The quantitative estimate of drug-likeness (QED) is 0.635. The van der Waals surface area contributed by atoms with E-state index in [1.807, 2.05) is 19.1 Å². The molecule has 0 fully saturated rings. The van der Waals surface area contributed by atoms with Gasteiger partial charge in [-0.15, -0.1) is 0 Å². The largest absolute Gasteiger partial charge is 0.0961 e. The normalized spacial score (nSPS) is 10.5. The molecule has 0 aliphatic heterocycles. The Bertz CT molecular complexity index is 377. The minimum atomic E-state index is 0.907. The van der Waals surface area contributed by atoms with Crippen LogP contribution in [0.4, 0.5) is 0 Å². The molecule has 0 aliphatic rings. The molecule has 1 aromatic rings. The lowest BCUT2D eigenvalue weighted by atomic mass is 10.0. The van der Waals surface area contributed by atoms with Gasteiger partial charge in [-0.25, -0.2) is 0 Å². The first-order chi connectivity index (χ1) is 7.08. The third-order valence-electron chi connectivity index (χ3n) is 2.16. The van der Waals surface area contributed by atoms with E-state index in [0.29, 0.717) is 0 Å². The molecule has 0 saturated heterocycles. The Morgan fingerprint density at radius 2 is 1.73 bits per heavy atom. The van der Waals surface area contributed by atoms with Crippen molar-refractivity contribution in [3.63, 3.8) is 0 Å². The Kier molecular flexibility index (Phi) is 4.11. The summed E-state index contributed by atoms with van der Waals surface area (Å²) in [5.74, 6) is 0. The summed E-state index contributed by atoms with van der Waals surface area (Å²) >= 11 is 0. The van der Waals surface area contributed by atoms with Gasteiger partial charge < -0.3 is 0 Å². The highest BCUT2D eigenvalue weighted by Crippen LogP contribution is 2.09. The summed E-state index contributed by atoms with van der Waals surface area (Å²) in [4.78, 5) is 0. The van der Waals surface area contributed by atoms with Crippen LogP contribution in [0.1, 0.15) is 18.1 Å². The maximum atomic E-state index is 4.02. The highest BCUT2D eigenvalue weighted by Gasteiger charge is 1.93. The van der Waals surface area contributed by atoms with E-state index < -0.39 is 0 Å². The van der Waals surface area contributed by atoms with Crippen LogP contribution >= 0.6 is 0 Å². The number of hydrogen-bond acceptors (Lipinski definition) is 0. The predicted octanol–water partition coefficient (Wildman–Crippen LogP) is 4.23. The van der Waals surface area contributed by atoms with Crippen LogP contribution in [0.3, 0.4) is 0 Å². The molecule has 15 heavy (non-hydrogen) atoms. The molecule has 0 aromatic heterocycles. The van der Waals surface area contributed by atoms with E-state index >= 15 is 0 Å². The van der Waals surface area contributed by atoms with E-state index in [1.54, 1.807) is 0 Å². The second-order valence-electron chi connectivity index (χ2n) is 4.00. The Morgan fingerprint density at radius 3 is 2.27 bits per heavy atom. The van der Waals surface area contributed by atoms with Gasteiger partial charge in [0, 0.05) is 0 Å². The van der Waals surface area contributed by atoms with Gasteiger partial charge >= 0.3 is 0 Å². The fourth-order valence-corrected chi connectivity index (χ4v) is 1.29. The van der Waals surface area contributed by atoms with Crippen molar-refractivity contribution < 1.29 is 0 Å². The first kappa shape index (κ1) is 11.5. The molecule has 0 radical (unpaired) electrons. The maximum absolute atomic E-state index is 4.02. The molecule has 0 nitrogen and oxygen atoms in total. The van der Waals surface area contributed by atoms with Crippen molar-refractivity contribution in [1.29, 1.82) is 0 Å². The molecule has 0 saturated carbocycles. The van der Waals surface area contributed by atoms with Crippen molar-refractivity contribution in [2.75, 3.05) is 0 Å². The zero-order valence-electron chi connectivity index (χ0n) is 9.59. The van der Waals surface area contributed by atoms with E-state index in [2.05, 4.69) is 44.3 Å². The predicted molar refractivity (Wildman–Crippen MR) is 68.0 cm³/mol. The van der Waals surface area contributed by atoms with Gasteiger partial charge in [0.1, 0.15) is 0 Å². The smallest absolute Gasteiger partial charge is 0.00316 e. The van der Waals surface area contributed by atoms with Crippen LogP contribution in [-0.2, 0) is 6.42 Å². The summed E-state index contributed by atoms with van der Waals surface area (Å²) in [5, 5.41) is 0. The molecule has 1 rings (SSSR count). The fourth-order valence-electron chi connectivity index (χ4n) is 1.29. The second kappa shape index (κ2) is 5.35. The average molecular weight is 198 g/mol. The van der Waals surface area contributed by atoms with Gasteiger partial charge in [0.15, 0.2) is 0 Å². The van der Waals surface area contributed by atoms with Crippen LogP contribution < -0.4 is 0 Å². The highest BCUT2D eigenvalue weighted by atomic mass is 14.0.